The van der Waals surface area contributed by atoms with Crippen molar-refractivity contribution in [1.29, 1.82) is 0 Å². The number of nitrogen functional groups attached to an aromatic ring is 1. The maximum Gasteiger partial charge on any atom is 0.169 e. The van der Waals surface area contributed by atoms with Gasteiger partial charge in [0.05, 0.1) is 12.2 Å². The molecule has 0 saturated heterocycles. The normalized spacial score (nSPS) is 10.6. The number of hydrogen-bond acceptors (Lipinski definition) is 4. The smallest absolute Gasteiger partial charge is 0.169 e. The Bertz CT molecular complexity index is 507. The third kappa shape index (κ3) is 2.55. The molecule has 0 bridgehead atoms. The zero-order valence-corrected chi connectivity index (χ0v) is 9.80. The van der Waals surface area contributed by atoms with Gasteiger partial charge in [0, 0.05) is 0 Å². The Morgan fingerprint density at radius 3 is 2.94 bits per heavy atom. The molecule has 3 N–H and O–H groups in total. The lowest BCUT2D eigenvalue weighted by Gasteiger charge is -2.06. The average molecular weight is 232 g/mol. The summed E-state index contributed by atoms with van der Waals surface area (Å²) < 4.78 is 1.79. The molecule has 0 aliphatic heterocycles. The molecule has 0 radical (unpaired) electrons. The molecule has 2 rings (SSSR count). The first-order valence-corrected chi connectivity index (χ1v) is 5.66. The van der Waals surface area contributed by atoms with Gasteiger partial charge in [0.15, 0.2) is 5.82 Å². The number of anilines is 1. The largest absolute Gasteiger partial charge is 0.508 e. The Hall–Kier alpha value is -2.04. The summed E-state index contributed by atoms with van der Waals surface area (Å²) in [5.41, 5.74) is 7.70. The van der Waals surface area contributed by atoms with Gasteiger partial charge in [-0.2, -0.15) is 0 Å². The lowest BCUT2D eigenvalue weighted by atomic mass is 10.2. The lowest BCUT2D eigenvalue weighted by Crippen LogP contribution is -2.07. The van der Waals surface area contributed by atoms with Gasteiger partial charge in [0.1, 0.15) is 5.75 Å². The second-order valence-electron chi connectivity index (χ2n) is 4.00. The minimum atomic E-state index is 0.257. The van der Waals surface area contributed by atoms with Crippen molar-refractivity contribution in [2.75, 3.05) is 5.73 Å². The quantitative estimate of drug-likeness (QED) is 0.838. The van der Waals surface area contributed by atoms with Crippen LogP contribution in [0.1, 0.15) is 24.6 Å². The molecule has 0 atom stereocenters. The van der Waals surface area contributed by atoms with Crippen LogP contribution in [0.4, 0.5) is 5.82 Å². The van der Waals surface area contributed by atoms with Gasteiger partial charge in [0.2, 0.25) is 0 Å². The monoisotopic (exact) mass is 232 g/mol. The molecule has 5 nitrogen and oxygen atoms in total. The van der Waals surface area contributed by atoms with E-state index in [9.17, 15) is 5.11 Å². The summed E-state index contributed by atoms with van der Waals surface area (Å²) >= 11 is 0. The van der Waals surface area contributed by atoms with Crippen molar-refractivity contribution in [3.8, 4) is 5.75 Å². The zero-order chi connectivity index (χ0) is 12.3. The molecular weight excluding hydrogens is 216 g/mol. The van der Waals surface area contributed by atoms with Crippen molar-refractivity contribution in [2.45, 2.75) is 26.3 Å². The highest BCUT2D eigenvalue weighted by Crippen LogP contribution is 2.15. The van der Waals surface area contributed by atoms with Crippen LogP contribution in [0.25, 0.3) is 0 Å². The van der Waals surface area contributed by atoms with Crippen molar-refractivity contribution < 1.29 is 5.11 Å². The standard InChI is InChI=1S/C12H16N4O/c1-2-4-11-12(13)14-15-16(11)8-9-5-3-6-10(17)7-9/h3,5-7,17H,2,4,8,13H2,1H3. The van der Waals surface area contributed by atoms with E-state index in [0.29, 0.717) is 12.4 Å². The first kappa shape index (κ1) is 11.4. The minimum absolute atomic E-state index is 0.257. The van der Waals surface area contributed by atoms with Gasteiger partial charge in [0.25, 0.3) is 0 Å². The summed E-state index contributed by atoms with van der Waals surface area (Å²) in [6, 6.07) is 7.11. The summed E-state index contributed by atoms with van der Waals surface area (Å²) in [5.74, 6) is 0.750. The first-order chi connectivity index (χ1) is 8.20. The molecule has 0 saturated carbocycles. The second-order valence-corrected chi connectivity index (χ2v) is 4.00. The molecule has 1 heterocycles. The Balaban J connectivity index is 2.24. The van der Waals surface area contributed by atoms with Gasteiger partial charge in [-0.05, 0) is 24.1 Å². The number of phenols is 1. The summed E-state index contributed by atoms with van der Waals surface area (Å²) in [6.45, 7) is 2.67. The van der Waals surface area contributed by atoms with Gasteiger partial charge in [-0.1, -0.05) is 30.7 Å². The highest BCUT2D eigenvalue weighted by molar-refractivity contribution is 5.34. The van der Waals surface area contributed by atoms with Crippen LogP contribution in [0.5, 0.6) is 5.75 Å². The number of rotatable bonds is 4. The van der Waals surface area contributed by atoms with E-state index < -0.39 is 0 Å². The van der Waals surface area contributed by atoms with Crippen molar-refractivity contribution in [3.05, 3.63) is 35.5 Å². The van der Waals surface area contributed by atoms with Crippen LogP contribution in [0.2, 0.25) is 0 Å². The zero-order valence-electron chi connectivity index (χ0n) is 9.80. The van der Waals surface area contributed by atoms with Crippen LogP contribution >= 0.6 is 0 Å². The average Bonchev–Trinajstić information content (AvgIpc) is 2.62. The molecular formula is C12H16N4O. The van der Waals surface area contributed by atoms with E-state index in [0.717, 1.165) is 24.1 Å². The SMILES string of the molecule is CCCc1c(N)nnn1Cc1cccc(O)c1. The summed E-state index contributed by atoms with van der Waals surface area (Å²) in [6.07, 6.45) is 1.86. The lowest BCUT2D eigenvalue weighted by molar-refractivity contribution is 0.473. The summed E-state index contributed by atoms with van der Waals surface area (Å²) in [7, 11) is 0. The van der Waals surface area contributed by atoms with E-state index >= 15 is 0 Å². The Kier molecular flexibility index (Phi) is 3.27. The van der Waals surface area contributed by atoms with E-state index in [4.69, 9.17) is 5.73 Å². The van der Waals surface area contributed by atoms with E-state index in [2.05, 4.69) is 17.2 Å². The first-order valence-electron chi connectivity index (χ1n) is 5.66. The maximum atomic E-state index is 9.40. The highest BCUT2D eigenvalue weighted by atomic mass is 16.3. The molecule has 90 valence electrons. The predicted molar refractivity (Wildman–Crippen MR) is 65.6 cm³/mol. The van der Waals surface area contributed by atoms with Gasteiger partial charge in [-0.3, -0.25) is 0 Å². The van der Waals surface area contributed by atoms with Gasteiger partial charge < -0.3 is 10.8 Å². The predicted octanol–water partition coefficient (Wildman–Crippen LogP) is 1.57. The number of benzene rings is 1. The topological polar surface area (TPSA) is 77.0 Å². The van der Waals surface area contributed by atoms with E-state index in [1.165, 1.54) is 0 Å². The van der Waals surface area contributed by atoms with Crippen molar-refractivity contribution in [1.82, 2.24) is 15.0 Å². The molecule has 0 fully saturated rings. The van der Waals surface area contributed by atoms with Gasteiger partial charge in [-0.15, -0.1) is 5.10 Å². The highest BCUT2D eigenvalue weighted by Gasteiger charge is 2.09. The number of phenolic OH excluding ortho intramolecular Hbond substituents is 1. The Morgan fingerprint density at radius 2 is 2.24 bits per heavy atom. The van der Waals surface area contributed by atoms with Gasteiger partial charge in [-0.25, -0.2) is 4.68 Å². The van der Waals surface area contributed by atoms with Crippen molar-refractivity contribution >= 4 is 5.82 Å². The van der Waals surface area contributed by atoms with Gasteiger partial charge >= 0.3 is 0 Å². The number of aromatic nitrogens is 3. The van der Waals surface area contributed by atoms with E-state index in [1.54, 1.807) is 16.8 Å². The van der Waals surface area contributed by atoms with Crippen LogP contribution in [-0.4, -0.2) is 20.1 Å². The van der Waals surface area contributed by atoms with Crippen LogP contribution < -0.4 is 5.73 Å². The Morgan fingerprint density at radius 1 is 1.41 bits per heavy atom. The molecule has 0 aliphatic rings. The molecule has 2 aromatic rings. The van der Waals surface area contributed by atoms with E-state index in [-0.39, 0.29) is 5.75 Å². The Labute approximate surface area is 99.9 Å². The molecule has 0 spiro atoms. The molecule has 1 aromatic carbocycles. The molecule has 0 aliphatic carbocycles. The fraction of sp³-hybridized carbons (Fsp3) is 0.333. The summed E-state index contributed by atoms with van der Waals surface area (Å²) in [4.78, 5) is 0. The number of nitrogens with two attached hydrogens (primary N) is 1. The van der Waals surface area contributed by atoms with Crippen LogP contribution in [0, 0.1) is 0 Å². The minimum Gasteiger partial charge on any atom is -0.508 e. The second kappa shape index (κ2) is 4.86. The number of aromatic hydroxyl groups is 1. The van der Waals surface area contributed by atoms with Crippen LogP contribution in [-0.2, 0) is 13.0 Å². The maximum absolute atomic E-state index is 9.40. The molecule has 0 unspecified atom stereocenters. The van der Waals surface area contributed by atoms with Crippen LogP contribution in [0.15, 0.2) is 24.3 Å². The molecule has 17 heavy (non-hydrogen) atoms. The fourth-order valence-corrected chi connectivity index (χ4v) is 1.79. The third-order valence-electron chi connectivity index (χ3n) is 2.60. The van der Waals surface area contributed by atoms with E-state index in [1.807, 2.05) is 12.1 Å². The molecule has 0 amide bonds. The van der Waals surface area contributed by atoms with Crippen LogP contribution in [0.3, 0.4) is 0 Å². The number of nitrogens with zero attached hydrogens (tertiary/aromatic N) is 3. The third-order valence-corrected chi connectivity index (χ3v) is 2.60. The van der Waals surface area contributed by atoms with Crippen molar-refractivity contribution in [2.24, 2.45) is 0 Å². The molecule has 1 aromatic heterocycles. The van der Waals surface area contributed by atoms with Crippen molar-refractivity contribution in [3.63, 3.8) is 0 Å². The summed E-state index contributed by atoms with van der Waals surface area (Å²) in [5, 5.41) is 17.3. The fourth-order valence-electron chi connectivity index (χ4n) is 1.79. The number of hydrogen-bond donors (Lipinski definition) is 2. The molecule has 5 heteroatoms.